The van der Waals surface area contributed by atoms with Gasteiger partial charge in [0, 0.05) is 18.5 Å². The van der Waals surface area contributed by atoms with Crippen LogP contribution in [0.5, 0.6) is 5.75 Å². The van der Waals surface area contributed by atoms with Crippen molar-refractivity contribution in [2.45, 2.75) is 32.0 Å². The maximum atomic E-state index is 6.11. The standard InChI is InChI=1S/C17H23N3OS/c1-20(11-15-12-22-13-19-15)10-14-3-2-4-17(9-14)21-16-5-7-18-8-6-16/h2-4,9,12-13,16,18H,5-8,10-11H2,1H3. The summed E-state index contributed by atoms with van der Waals surface area (Å²) in [5, 5.41) is 5.47. The van der Waals surface area contributed by atoms with E-state index in [2.05, 4.69) is 51.9 Å². The van der Waals surface area contributed by atoms with Crippen molar-refractivity contribution in [2.75, 3.05) is 20.1 Å². The highest BCUT2D eigenvalue weighted by Crippen LogP contribution is 2.19. The lowest BCUT2D eigenvalue weighted by molar-refractivity contribution is 0.162. The maximum absolute atomic E-state index is 6.11. The van der Waals surface area contributed by atoms with Gasteiger partial charge in [-0.15, -0.1) is 11.3 Å². The van der Waals surface area contributed by atoms with Crippen molar-refractivity contribution in [3.05, 3.63) is 46.4 Å². The third-order valence-corrected chi connectivity index (χ3v) is 4.49. The number of ether oxygens (including phenoxy) is 1. The van der Waals surface area contributed by atoms with Crippen LogP contribution >= 0.6 is 11.3 Å². The van der Waals surface area contributed by atoms with Gasteiger partial charge in [-0.3, -0.25) is 4.90 Å². The van der Waals surface area contributed by atoms with E-state index in [0.29, 0.717) is 6.10 Å². The van der Waals surface area contributed by atoms with Crippen LogP contribution in [0.2, 0.25) is 0 Å². The molecule has 0 aliphatic carbocycles. The Bertz CT molecular complexity index is 567. The molecule has 1 aromatic heterocycles. The molecular weight excluding hydrogens is 294 g/mol. The van der Waals surface area contributed by atoms with E-state index in [-0.39, 0.29) is 0 Å². The Morgan fingerprint density at radius 2 is 2.18 bits per heavy atom. The summed E-state index contributed by atoms with van der Waals surface area (Å²) in [6.07, 6.45) is 2.53. The zero-order chi connectivity index (χ0) is 15.2. The van der Waals surface area contributed by atoms with E-state index in [1.54, 1.807) is 11.3 Å². The van der Waals surface area contributed by atoms with Gasteiger partial charge in [-0.25, -0.2) is 4.98 Å². The van der Waals surface area contributed by atoms with Gasteiger partial charge in [0.25, 0.3) is 0 Å². The van der Waals surface area contributed by atoms with E-state index in [9.17, 15) is 0 Å². The Kier molecular flexibility index (Phi) is 5.43. The van der Waals surface area contributed by atoms with Crippen molar-refractivity contribution in [1.82, 2.24) is 15.2 Å². The molecule has 5 heteroatoms. The highest BCUT2D eigenvalue weighted by Gasteiger charge is 2.14. The summed E-state index contributed by atoms with van der Waals surface area (Å²) in [4.78, 5) is 6.62. The van der Waals surface area contributed by atoms with Crippen LogP contribution in [0.1, 0.15) is 24.1 Å². The van der Waals surface area contributed by atoms with Crippen LogP contribution in [0.25, 0.3) is 0 Å². The minimum atomic E-state index is 0.351. The SMILES string of the molecule is CN(Cc1cccc(OC2CCNCC2)c1)Cc1cscn1. The van der Waals surface area contributed by atoms with Gasteiger partial charge >= 0.3 is 0 Å². The normalized spacial score (nSPS) is 16.1. The number of thiazole rings is 1. The van der Waals surface area contributed by atoms with Gasteiger partial charge in [0.05, 0.1) is 11.2 Å². The molecule has 0 atom stereocenters. The highest BCUT2D eigenvalue weighted by molar-refractivity contribution is 7.07. The summed E-state index contributed by atoms with van der Waals surface area (Å²) >= 11 is 1.65. The number of piperidine rings is 1. The Hall–Kier alpha value is -1.43. The average molecular weight is 317 g/mol. The summed E-state index contributed by atoms with van der Waals surface area (Å²) in [5.74, 6) is 0.992. The molecular formula is C17H23N3OS. The zero-order valence-electron chi connectivity index (χ0n) is 13.0. The van der Waals surface area contributed by atoms with Crippen molar-refractivity contribution >= 4 is 11.3 Å². The highest BCUT2D eigenvalue weighted by atomic mass is 32.1. The number of rotatable bonds is 6. The number of nitrogens with one attached hydrogen (secondary N) is 1. The lowest BCUT2D eigenvalue weighted by atomic mass is 10.1. The lowest BCUT2D eigenvalue weighted by Crippen LogP contribution is -2.34. The minimum absolute atomic E-state index is 0.351. The van der Waals surface area contributed by atoms with E-state index >= 15 is 0 Å². The first kappa shape index (κ1) is 15.5. The van der Waals surface area contributed by atoms with Gasteiger partial charge in [0.1, 0.15) is 11.9 Å². The molecule has 0 bridgehead atoms. The Balaban J connectivity index is 1.56. The van der Waals surface area contributed by atoms with Gasteiger partial charge in [-0.2, -0.15) is 0 Å². The molecule has 1 saturated heterocycles. The smallest absolute Gasteiger partial charge is 0.120 e. The van der Waals surface area contributed by atoms with Crippen molar-refractivity contribution < 1.29 is 4.74 Å². The molecule has 2 aromatic rings. The summed E-state index contributed by atoms with van der Waals surface area (Å²) in [7, 11) is 2.12. The molecule has 2 heterocycles. The Labute approximate surface area is 136 Å². The molecule has 0 spiro atoms. The van der Waals surface area contributed by atoms with E-state index < -0.39 is 0 Å². The first-order valence-electron chi connectivity index (χ1n) is 7.81. The number of hydrogen-bond acceptors (Lipinski definition) is 5. The molecule has 118 valence electrons. The maximum Gasteiger partial charge on any atom is 0.120 e. The quantitative estimate of drug-likeness (QED) is 0.889. The molecule has 0 radical (unpaired) electrons. The van der Waals surface area contributed by atoms with Crippen molar-refractivity contribution in [2.24, 2.45) is 0 Å². The molecule has 1 aromatic carbocycles. The van der Waals surface area contributed by atoms with Gasteiger partial charge < -0.3 is 10.1 Å². The fourth-order valence-corrected chi connectivity index (χ4v) is 3.33. The Morgan fingerprint density at radius 1 is 1.32 bits per heavy atom. The third-order valence-electron chi connectivity index (χ3n) is 3.86. The molecule has 1 N–H and O–H groups in total. The van der Waals surface area contributed by atoms with E-state index in [0.717, 1.165) is 50.5 Å². The summed E-state index contributed by atoms with van der Waals surface area (Å²) < 4.78 is 6.11. The van der Waals surface area contributed by atoms with Crippen LogP contribution in [0, 0.1) is 0 Å². The molecule has 0 amide bonds. The van der Waals surface area contributed by atoms with Gasteiger partial charge in [0.15, 0.2) is 0 Å². The van der Waals surface area contributed by atoms with Gasteiger partial charge in [-0.1, -0.05) is 12.1 Å². The van der Waals surface area contributed by atoms with E-state index in [1.165, 1.54) is 5.56 Å². The second-order valence-corrected chi connectivity index (χ2v) is 6.59. The van der Waals surface area contributed by atoms with E-state index in [4.69, 9.17) is 4.74 Å². The van der Waals surface area contributed by atoms with Crippen LogP contribution in [-0.2, 0) is 13.1 Å². The lowest BCUT2D eigenvalue weighted by Gasteiger charge is -2.24. The number of aromatic nitrogens is 1. The van der Waals surface area contributed by atoms with Gasteiger partial charge in [0.2, 0.25) is 0 Å². The molecule has 1 aliphatic heterocycles. The zero-order valence-corrected chi connectivity index (χ0v) is 13.8. The molecule has 0 unspecified atom stereocenters. The van der Waals surface area contributed by atoms with Crippen LogP contribution in [-0.4, -0.2) is 36.1 Å². The summed E-state index contributed by atoms with van der Waals surface area (Å²) in [5.41, 5.74) is 4.30. The largest absolute Gasteiger partial charge is 0.490 e. The fraction of sp³-hybridized carbons (Fsp3) is 0.471. The molecule has 0 saturated carbocycles. The summed E-state index contributed by atoms with van der Waals surface area (Å²) in [6.45, 7) is 3.89. The average Bonchev–Trinajstić information content (AvgIpc) is 3.01. The second-order valence-electron chi connectivity index (χ2n) is 5.87. The molecule has 1 fully saturated rings. The number of hydrogen-bond donors (Lipinski definition) is 1. The predicted octanol–water partition coefficient (Wildman–Crippen LogP) is 2.91. The third kappa shape index (κ3) is 4.53. The monoisotopic (exact) mass is 317 g/mol. The minimum Gasteiger partial charge on any atom is -0.490 e. The fourth-order valence-electron chi connectivity index (χ4n) is 2.78. The van der Waals surface area contributed by atoms with Crippen LogP contribution < -0.4 is 10.1 Å². The van der Waals surface area contributed by atoms with Gasteiger partial charge in [-0.05, 0) is 50.7 Å². The second kappa shape index (κ2) is 7.72. The number of nitrogens with zero attached hydrogens (tertiary/aromatic N) is 2. The van der Waals surface area contributed by atoms with Crippen LogP contribution in [0.15, 0.2) is 35.2 Å². The van der Waals surface area contributed by atoms with E-state index in [1.807, 2.05) is 5.51 Å². The first-order valence-corrected chi connectivity index (χ1v) is 8.76. The topological polar surface area (TPSA) is 37.4 Å². The van der Waals surface area contributed by atoms with Crippen molar-refractivity contribution in [1.29, 1.82) is 0 Å². The molecule has 3 rings (SSSR count). The Morgan fingerprint density at radius 3 is 2.95 bits per heavy atom. The molecule has 1 aliphatic rings. The first-order chi connectivity index (χ1) is 10.8. The van der Waals surface area contributed by atoms with Crippen LogP contribution in [0.3, 0.4) is 0 Å². The van der Waals surface area contributed by atoms with Crippen molar-refractivity contribution in [3.63, 3.8) is 0 Å². The molecule has 22 heavy (non-hydrogen) atoms. The van der Waals surface area contributed by atoms with Crippen LogP contribution in [0.4, 0.5) is 0 Å². The number of benzene rings is 1. The van der Waals surface area contributed by atoms with Crippen molar-refractivity contribution in [3.8, 4) is 5.75 Å². The molecule has 4 nitrogen and oxygen atoms in total. The predicted molar refractivity (Wildman–Crippen MR) is 90.2 cm³/mol. The summed E-state index contributed by atoms with van der Waals surface area (Å²) in [6, 6.07) is 8.47.